The van der Waals surface area contributed by atoms with Crippen molar-refractivity contribution in [3.05, 3.63) is 53.7 Å². The number of nitrogens with zero attached hydrogens (tertiary/aromatic N) is 3. The first-order valence-corrected chi connectivity index (χ1v) is 8.66. The molecule has 25 heavy (non-hydrogen) atoms. The molecule has 0 saturated carbocycles. The predicted molar refractivity (Wildman–Crippen MR) is 99.3 cm³/mol. The Morgan fingerprint density at radius 1 is 1.24 bits per heavy atom. The molecule has 3 rings (SSSR count). The van der Waals surface area contributed by atoms with Crippen LogP contribution in [0.3, 0.4) is 0 Å². The Kier molecular flexibility index (Phi) is 5.22. The van der Waals surface area contributed by atoms with E-state index in [4.69, 9.17) is 4.74 Å². The van der Waals surface area contributed by atoms with Gasteiger partial charge in [0.2, 0.25) is 0 Å². The fourth-order valence-electron chi connectivity index (χ4n) is 3.29. The Bertz CT molecular complexity index is 711. The van der Waals surface area contributed by atoms with Crippen LogP contribution in [0.15, 0.2) is 42.6 Å². The van der Waals surface area contributed by atoms with Crippen LogP contribution in [-0.4, -0.2) is 49.6 Å². The van der Waals surface area contributed by atoms with E-state index in [2.05, 4.69) is 17.1 Å². The maximum absolute atomic E-state index is 12.9. The number of carbonyl (C=O) groups is 1. The molecule has 1 atom stereocenters. The highest BCUT2D eigenvalue weighted by Gasteiger charge is 2.29. The topological polar surface area (TPSA) is 45.7 Å². The zero-order valence-electron chi connectivity index (χ0n) is 15.1. The Balaban J connectivity index is 1.70. The molecule has 1 saturated heterocycles. The molecule has 1 aromatic carbocycles. The van der Waals surface area contributed by atoms with Crippen molar-refractivity contribution < 1.29 is 9.53 Å². The van der Waals surface area contributed by atoms with E-state index in [1.807, 2.05) is 48.2 Å². The number of hydrogen-bond acceptors (Lipinski definition) is 4. The molecule has 5 heteroatoms. The molecular formula is C20H25N3O2. The first-order chi connectivity index (χ1) is 12.1. The summed E-state index contributed by atoms with van der Waals surface area (Å²) in [4.78, 5) is 21.2. The summed E-state index contributed by atoms with van der Waals surface area (Å²) in [6.07, 6.45) is 4.65. The predicted octanol–water partition coefficient (Wildman–Crippen LogP) is 3.00. The molecule has 2 aromatic rings. The second kappa shape index (κ2) is 7.55. The summed E-state index contributed by atoms with van der Waals surface area (Å²) in [7, 11) is 5.55. The maximum Gasteiger partial charge on any atom is 0.255 e. The van der Waals surface area contributed by atoms with Gasteiger partial charge in [-0.05, 0) is 49.1 Å². The van der Waals surface area contributed by atoms with E-state index in [0.29, 0.717) is 5.56 Å². The maximum atomic E-state index is 12.9. The Morgan fingerprint density at radius 2 is 2.00 bits per heavy atom. The van der Waals surface area contributed by atoms with Crippen molar-refractivity contribution in [1.82, 2.24) is 9.88 Å². The number of methoxy groups -OCH3 is 1. The van der Waals surface area contributed by atoms with Crippen LogP contribution in [0.5, 0.6) is 5.75 Å². The average Bonchev–Trinajstić information content (AvgIpc) is 3.10. The number of pyridine rings is 1. The lowest BCUT2D eigenvalue weighted by atomic mass is 10.0. The number of carbonyl (C=O) groups excluding carboxylic acids is 1. The van der Waals surface area contributed by atoms with Gasteiger partial charge in [0.05, 0.1) is 12.7 Å². The lowest BCUT2D eigenvalue weighted by molar-refractivity contribution is 0.0736. The van der Waals surface area contributed by atoms with Crippen LogP contribution in [-0.2, 0) is 6.42 Å². The van der Waals surface area contributed by atoms with Gasteiger partial charge in [0.15, 0.2) is 0 Å². The quantitative estimate of drug-likeness (QED) is 0.840. The zero-order chi connectivity index (χ0) is 17.8. The van der Waals surface area contributed by atoms with E-state index in [9.17, 15) is 4.79 Å². The van der Waals surface area contributed by atoms with Crippen molar-refractivity contribution in [1.29, 1.82) is 0 Å². The van der Waals surface area contributed by atoms with E-state index < -0.39 is 0 Å². The second-order valence-corrected chi connectivity index (χ2v) is 6.65. The smallest absolute Gasteiger partial charge is 0.255 e. The van der Waals surface area contributed by atoms with Gasteiger partial charge in [-0.3, -0.25) is 4.79 Å². The first kappa shape index (κ1) is 17.3. The van der Waals surface area contributed by atoms with Crippen molar-refractivity contribution in [2.75, 3.05) is 32.6 Å². The molecule has 1 fully saturated rings. The Morgan fingerprint density at radius 3 is 2.60 bits per heavy atom. The Labute approximate surface area is 149 Å². The number of rotatable bonds is 5. The van der Waals surface area contributed by atoms with Gasteiger partial charge in [0, 0.05) is 32.9 Å². The van der Waals surface area contributed by atoms with Crippen LogP contribution >= 0.6 is 0 Å². The van der Waals surface area contributed by atoms with Gasteiger partial charge in [0.25, 0.3) is 5.91 Å². The van der Waals surface area contributed by atoms with E-state index in [0.717, 1.165) is 37.4 Å². The van der Waals surface area contributed by atoms with Gasteiger partial charge >= 0.3 is 0 Å². The van der Waals surface area contributed by atoms with E-state index >= 15 is 0 Å². The highest BCUT2D eigenvalue weighted by Crippen LogP contribution is 2.24. The van der Waals surface area contributed by atoms with Crippen LogP contribution in [0.1, 0.15) is 28.8 Å². The number of amides is 1. The van der Waals surface area contributed by atoms with Gasteiger partial charge in [-0.25, -0.2) is 4.98 Å². The van der Waals surface area contributed by atoms with Gasteiger partial charge < -0.3 is 14.5 Å². The monoisotopic (exact) mass is 339 g/mol. The van der Waals surface area contributed by atoms with E-state index in [1.165, 1.54) is 5.56 Å². The molecule has 1 aliphatic rings. The van der Waals surface area contributed by atoms with Crippen molar-refractivity contribution in [2.24, 2.45) is 0 Å². The standard InChI is InChI=1S/C20H25N3O2/c1-22(2)19-11-8-16(14-21-19)20(24)23-12-4-5-17(23)13-15-6-9-18(25-3)10-7-15/h6-11,14,17H,4-5,12-13H2,1-3H3/t17-/m0/s1. The highest BCUT2D eigenvalue weighted by molar-refractivity contribution is 5.94. The minimum absolute atomic E-state index is 0.0776. The molecule has 1 amide bonds. The van der Waals surface area contributed by atoms with Crippen molar-refractivity contribution in [2.45, 2.75) is 25.3 Å². The molecule has 2 heterocycles. The number of anilines is 1. The molecule has 1 aliphatic heterocycles. The first-order valence-electron chi connectivity index (χ1n) is 8.66. The second-order valence-electron chi connectivity index (χ2n) is 6.65. The molecule has 0 N–H and O–H groups in total. The summed E-state index contributed by atoms with van der Waals surface area (Å²) in [5, 5.41) is 0. The third-order valence-electron chi connectivity index (χ3n) is 4.72. The van der Waals surface area contributed by atoms with Crippen LogP contribution in [0.25, 0.3) is 0 Å². The summed E-state index contributed by atoms with van der Waals surface area (Å²) >= 11 is 0. The third kappa shape index (κ3) is 3.92. The average molecular weight is 339 g/mol. The van der Waals surface area contributed by atoms with Crippen LogP contribution in [0.2, 0.25) is 0 Å². The van der Waals surface area contributed by atoms with Crippen LogP contribution in [0, 0.1) is 0 Å². The fourth-order valence-corrected chi connectivity index (χ4v) is 3.29. The summed E-state index contributed by atoms with van der Waals surface area (Å²) in [5.74, 6) is 1.79. The molecule has 0 unspecified atom stereocenters. The fraction of sp³-hybridized carbons (Fsp3) is 0.400. The number of likely N-dealkylation sites (tertiary alicyclic amines) is 1. The minimum atomic E-state index is 0.0776. The largest absolute Gasteiger partial charge is 0.497 e. The molecule has 132 valence electrons. The van der Waals surface area contributed by atoms with Crippen LogP contribution in [0.4, 0.5) is 5.82 Å². The number of ether oxygens (including phenoxy) is 1. The molecule has 5 nitrogen and oxygen atoms in total. The summed E-state index contributed by atoms with van der Waals surface area (Å²) < 4.78 is 5.21. The van der Waals surface area contributed by atoms with Gasteiger partial charge in [0.1, 0.15) is 11.6 Å². The molecule has 1 aromatic heterocycles. The lowest BCUT2D eigenvalue weighted by Gasteiger charge is -2.25. The number of hydrogen-bond donors (Lipinski definition) is 0. The van der Waals surface area contributed by atoms with Gasteiger partial charge in [-0.1, -0.05) is 12.1 Å². The van der Waals surface area contributed by atoms with Crippen molar-refractivity contribution in [3.63, 3.8) is 0 Å². The van der Waals surface area contributed by atoms with E-state index in [1.54, 1.807) is 13.3 Å². The minimum Gasteiger partial charge on any atom is -0.497 e. The number of benzene rings is 1. The lowest BCUT2D eigenvalue weighted by Crippen LogP contribution is -2.36. The SMILES string of the molecule is COc1ccc(C[C@@H]2CCCN2C(=O)c2ccc(N(C)C)nc2)cc1. The van der Waals surface area contributed by atoms with Crippen LogP contribution < -0.4 is 9.64 Å². The molecule has 0 bridgehead atoms. The van der Waals surface area contributed by atoms with Gasteiger partial charge in [-0.15, -0.1) is 0 Å². The summed E-state index contributed by atoms with van der Waals surface area (Å²) in [6.45, 7) is 0.815. The molecule has 0 radical (unpaired) electrons. The van der Waals surface area contributed by atoms with Gasteiger partial charge in [-0.2, -0.15) is 0 Å². The third-order valence-corrected chi connectivity index (χ3v) is 4.72. The number of aromatic nitrogens is 1. The normalized spacial score (nSPS) is 16.8. The molecule has 0 spiro atoms. The summed E-state index contributed by atoms with van der Waals surface area (Å²) in [5.41, 5.74) is 1.89. The highest BCUT2D eigenvalue weighted by atomic mass is 16.5. The van der Waals surface area contributed by atoms with Crippen molar-refractivity contribution >= 4 is 11.7 Å². The summed E-state index contributed by atoms with van der Waals surface area (Å²) in [6, 6.07) is 12.1. The molecule has 0 aliphatic carbocycles. The zero-order valence-corrected chi connectivity index (χ0v) is 15.1. The molecular weight excluding hydrogens is 314 g/mol. The van der Waals surface area contributed by atoms with E-state index in [-0.39, 0.29) is 11.9 Å². The Hall–Kier alpha value is -2.56. The van der Waals surface area contributed by atoms with Crippen molar-refractivity contribution in [3.8, 4) is 5.75 Å².